The fraction of sp³-hybridized carbons (Fsp3) is 0.571. The van der Waals surface area contributed by atoms with E-state index in [-0.39, 0.29) is 5.56 Å². The lowest BCUT2D eigenvalue weighted by molar-refractivity contribution is 0.0601. The number of hydrogen-bond donors (Lipinski definition) is 0. The van der Waals surface area contributed by atoms with Crippen molar-refractivity contribution < 1.29 is 19.0 Å². The van der Waals surface area contributed by atoms with Crippen LogP contribution in [0.25, 0.3) is 10.9 Å². The summed E-state index contributed by atoms with van der Waals surface area (Å²) >= 11 is 1.48. The zero-order valence-corrected chi connectivity index (χ0v) is 18.4. The molecule has 0 aliphatic rings. The van der Waals surface area contributed by atoms with Crippen molar-refractivity contribution in [3.8, 4) is 0 Å². The Morgan fingerprint density at radius 3 is 2.69 bits per heavy atom. The van der Waals surface area contributed by atoms with E-state index in [1.807, 2.05) is 0 Å². The Hall–Kier alpha value is -1.90. The van der Waals surface area contributed by atoms with Gasteiger partial charge in [-0.15, -0.1) is 0 Å². The molecule has 0 saturated heterocycles. The van der Waals surface area contributed by atoms with Crippen LogP contribution in [0, 0.1) is 5.92 Å². The van der Waals surface area contributed by atoms with Gasteiger partial charge in [0.2, 0.25) is 0 Å². The number of benzene rings is 1. The van der Waals surface area contributed by atoms with Crippen molar-refractivity contribution in [3.05, 3.63) is 34.1 Å². The van der Waals surface area contributed by atoms with Crippen LogP contribution in [0.4, 0.5) is 0 Å². The highest BCUT2D eigenvalue weighted by molar-refractivity contribution is 7.99. The third-order valence-corrected chi connectivity index (χ3v) is 5.31. The van der Waals surface area contributed by atoms with Gasteiger partial charge in [0.05, 0.1) is 30.2 Å². The number of esters is 1. The van der Waals surface area contributed by atoms with Gasteiger partial charge in [-0.2, -0.15) is 0 Å². The second-order valence-corrected chi connectivity index (χ2v) is 8.13. The van der Waals surface area contributed by atoms with Crippen LogP contribution in [0.1, 0.15) is 37.0 Å². The summed E-state index contributed by atoms with van der Waals surface area (Å²) in [5, 5.41) is 1.10. The minimum atomic E-state index is -0.453. The Morgan fingerprint density at radius 1 is 1.21 bits per heavy atom. The third-order valence-electron chi connectivity index (χ3n) is 4.37. The van der Waals surface area contributed by atoms with Gasteiger partial charge in [0.25, 0.3) is 5.56 Å². The maximum atomic E-state index is 13.0. The lowest BCUT2D eigenvalue weighted by Crippen LogP contribution is -2.24. The number of nitrogens with zero attached hydrogens (tertiary/aromatic N) is 2. The molecule has 0 amide bonds. The number of hydrogen-bond acceptors (Lipinski definition) is 7. The van der Waals surface area contributed by atoms with Crippen molar-refractivity contribution in [2.75, 3.05) is 39.8 Å². The molecule has 1 aromatic heterocycles. The summed E-state index contributed by atoms with van der Waals surface area (Å²) in [6.07, 6.45) is 1.74. The van der Waals surface area contributed by atoms with E-state index in [1.54, 1.807) is 29.9 Å². The van der Waals surface area contributed by atoms with Crippen molar-refractivity contribution in [1.29, 1.82) is 0 Å². The van der Waals surface area contributed by atoms with Crippen molar-refractivity contribution in [2.45, 2.75) is 38.4 Å². The fourth-order valence-electron chi connectivity index (χ4n) is 2.73. The number of aromatic nitrogens is 2. The Morgan fingerprint density at radius 2 is 2.00 bits per heavy atom. The molecule has 2 aromatic rings. The van der Waals surface area contributed by atoms with Gasteiger partial charge in [-0.1, -0.05) is 25.6 Å². The molecule has 8 heteroatoms. The van der Waals surface area contributed by atoms with Crippen molar-refractivity contribution in [2.24, 2.45) is 5.92 Å². The van der Waals surface area contributed by atoms with Gasteiger partial charge in [0.1, 0.15) is 0 Å². The SMILES string of the molecule is COCCCn1c(SCCOCCC(C)C)nc2cc(C(=O)OC)ccc2c1=O. The highest BCUT2D eigenvalue weighted by Crippen LogP contribution is 2.19. The topological polar surface area (TPSA) is 79.7 Å². The van der Waals surface area contributed by atoms with E-state index in [0.29, 0.717) is 59.5 Å². The third kappa shape index (κ3) is 6.83. The summed E-state index contributed by atoms with van der Waals surface area (Å²) in [6.45, 7) is 6.73. The summed E-state index contributed by atoms with van der Waals surface area (Å²) in [6, 6.07) is 4.82. The molecule has 0 fully saturated rings. The quantitative estimate of drug-likeness (QED) is 0.224. The van der Waals surface area contributed by atoms with Crippen LogP contribution in [0.3, 0.4) is 0 Å². The number of carbonyl (C=O) groups is 1. The predicted octanol–water partition coefficient (Wildman–Crippen LogP) is 3.37. The fourth-order valence-corrected chi connectivity index (χ4v) is 3.61. The molecular weight excluding hydrogens is 392 g/mol. The van der Waals surface area contributed by atoms with E-state index < -0.39 is 5.97 Å². The number of ether oxygens (including phenoxy) is 3. The summed E-state index contributed by atoms with van der Waals surface area (Å²) in [5.74, 6) is 0.849. The van der Waals surface area contributed by atoms with Gasteiger partial charge >= 0.3 is 5.97 Å². The van der Waals surface area contributed by atoms with Gasteiger partial charge in [-0.25, -0.2) is 9.78 Å². The van der Waals surface area contributed by atoms with Crippen LogP contribution < -0.4 is 5.56 Å². The van der Waals surface area contributed by atoms with Gasteiger partial charge in [0.15, 0.2) is 5.16 Å². The molecule has 0 bridgehead atoms. The molecule has 1 heterocycles. The lowest BCUT2D eigenvalue weighted by Gasteiger charge is -2.13. The molecule has 0 aliphatic carbocycles. The van der Waals surface area contributed by atoms with Crippen molar-refractivity contribution >= 4 is 28.6 Å². The lowest BCUT2D eigenvalue weighted by atomic mass is 10.1. The average Bonchev–Trinajstić information content (AvgIpc) is 2.71. The molecule has 29 heavy (non-hydrogen) atoms. The van der Waals surface area contributed by atoms with Crippen LogP contribution in [-0.4, -0.2) is 55.3 Å². The van der Waals surface area contributed by atoms with E-state index in [4.69, 9.17) is 14.2 Å². The van der Waals surface area contributed by atoms with E-state index in [0.717, 1.165) is 13.0 Å². The molecule has 1 aromatic carbocycles. The van der Waals surface area contributed by atoms with Crippen LogP contribution >= 0.6 is 11.8 Å². The molecule has 0 radical (unpaired) electrons. The van der Waals surface area contributed by atoms with Gasteiger partial charge < -0.3 is 14.2 Å². The van der Waals surface area contributed by atoms with E-state index in [2.05, 4.69) is 18.8 Å². The van der Waals surface area contributed by atoms with Crippen LogP contribution in [0.5, 0.6) is 0 Å². The molecule has 0 unspecified atom stereocenters. The minimum absolute atomic E-state index is 0.120. The highest BCUT2D eigenvalue weighted by atomic mass is 32.2. The van der Waals surface area contributed by atoms with E-state index in [1.165, 1.54) is 18.9 Å². The molecule has 160 valence electrons. The van der Waals surface area contributed by atoms with Crippen molar-refractivity contribution in [3.63, 3.8) is 0 Å². The summed E-state index contributed by atoms with van der Waals surface area (Å²) < 4.78 is 17.2. The Labute approximate surface area is 175 Å². The smallest absolute Gasteiger partial charge is 0.337 e. The Kier molecular flexibility index (Phi) is 9.63. The van der Waals surface area contributed by atoms with Gasteiger partial charge in [-0.3, -0.25) is 9.36 Å². The molecular formula is C21H30N2O5S. The minimum Gasteiger partial charge on any atom is -0.465 e. The Balaban J connectivity index is 2.24. The van der Waals surface area contributed by atoms with Gasteiger partial charge in [-0.05, 0) is 37.0 Å². The molecule has 2 rings (SSSR count). The second kappa shape index (κ2) is 11.9. The normalized spacial score (nSPS) is 11.3. The molecule has 0 spiro atoms. The standard InChI is InChI=1S/C21H30N2O5S/c1-15(2)8-11-28-12-13-29-21-22-18-14-16(20(25)27-4)6-7-17(18)19(24)23(21)9-5-10-26-3/h6-7,14-15H,5,8-13H2,1-4H3. The van der Waals surface area contributed by atoms with Crippen LogP contribution in [0.15, 0.2) is 28.2 Å². The largest absolute Gasteiger partial charge is 0.465 e. The molecule has 0 aliphatic heterocycles. The number of rotatable bonds is 12. The summed E-state index contributed by atoms with van der Waals surface area (Å²) in [7, 11) is 2.97. The van der Waals surface area contributed by atoms with Gasteiger partial charge in [0, 0.05) is 32.6 Å². The zero-order valence-electron chi connectivity index (χ0n) is 17.6. The number of carbonyl (C=O) groups excluding carboxylic acids is 1. The van der Waals surface area contributed by atoms with E-state index >= 15 is 0 Å². The first-order valence-corrected chi connectivity index (χ1v) is 10.8. The first-order chi connectivity index (χ1) is 14.0. The average molecular weight is 423 g/mol. The number of thioether (sulfide) groups is 1. The Bertz CT molecular complexity index is 866. The first kappa shape index (κ1) is 23.4. The molecule has 0 atom stereocenters. The highest BCUT2D eigenvalue weighted by Gasteiger charge is 2.14. The number of methoxy groups -OCH3 is 2. The monoisotopic (exact) mass is 422 g/mol. The van der Waals surface area contributed by atoms with Crippen LogP contribution in [0.2, 0.25) is 0 Å². The molecule has 7 nitrogen and oxygen atoms in total. The first-order valence-electron chi connectivity index (χ1n) is 9.80. The maximum absolute atomic E-state index is 13.0. The predicted molar refractivity (Wildman–Crippen MR) is 115 cm³/mol. The summed E-state index contributed by atoms with van der Waals surface area (Å²) in [4.78, 5) is 29.5. The second-order valence-electron chi connectivity index (χ2n) is 7.06. The van der Waals surface area contributed by atoms with Crippen LogP contribution in [-0.2, 0) is 20.8 Å². The molecule has 0 N–H and O–H groups in total. The van der Waals surface area contributed by atoms with E-state index in [9.17, 15) is 9.59 Å². The number of fused-ring (bicyclic) bond motifs is 1. The summed E-state index contributed by atoms with van der Waals surface area (Å²) in [5.41, 5.74) is 0.742. The maximum Gasteiger partial charge on any atom is 0.337 e. The molecule has 0 saturated carbocycles. The van der Waals surface area contributed by atoms with Crippen molar-refractivity contribution in [1.82, 2.24) is 9.55 Å². The zero-order chi connectivity index (χ0) is 21.2.